The summed E-state index contributed by atoms with van der Waals surface area (Å²) >= 11 is 0. The van der Waals surface area contributed by atoms with E-state index in [4.69, 9.17) is 0 Å². The van der Waals surface area contributed by atoms with E-state index in [1.54, 1.807) is 31.2 Å². The third-order valence-corrected chi connectivity index (χ3v) is 7.44. The number of amides is 1. The minimum absolute atomic E-state index is 0.0841. The molecule has 2 N–H and O–H groups in total. The highest BCUT2D eigenvalue weighted by molar-refractivity contribution is 7.90. The molecule has 31 heavy (non-hydrogen) atoms. The van der Waals surface area contributed by atoms with Crippen molar-refractivity contribution in [1.29, 1.82) is 0 Å². The maximum Gasteiger partial charge on any atom is 0.241 e. The maximum absolute atomic E-state index is 12.9. The van der Waals surface area contributed by atoms with Gasteiger partial charge in [0.2, 0.25) is 15.9 Å². The Hall–Kier alpha value is -2.23. The van der Waals surface area contributed by atoms with E-state index in [2.05, 4.69) is 10.0 Å². The van der Waals surface area contributed by atoms with Gasteiger partial charge in [0.05, 0.1) is 15.8 Å². The number of nitrogens with one attached hydrogen (secondary N) is 2. The number of carbonyl (C=O) groups excluding carboxylic acids is 1. The molecule has 0 aliphatic rings. The van der Waals surface area contributed by atoms with Gasteiger partial charge in [0.1, 0.15) is 6.04 Å². The van der Waals surface area contributed by atoms with Gasteiger partial charge in [-0.3, -0.25) is 4.79 Å². The molecule has 0 aliphatic carbocycles. The second-order valence-electron chi connectivity index (χ2n) is 8.19. The summed E-state index contributed by atoms with van der Waals surface area (Å²) in [6.45, 7) is 7.44. The number of rotatable bonds is 9. The molecule has 1 amide bonds. The Labute approximate surface area is 185 Å². The SMILES string of the molecule is Cc1ccc(S(=O)(=O)N[C@@H](CC(C)C)C(=O)N[C@@H](C)c2ccc(S(C)(=O)=O)cc2)cc1. The maximum atomic E-state index is 12.9. The Bertz CT molecular complexity index is 1110. The fraction of sp³-hybridized carbons (Fsp3) is 0.409. The second-order valence-corrected chi connectivity index (χ2v) is 11.9. The summed E-state index contributed by atoms with van der Waals surface area (Å²) < 4.78 is 51.3. The fourth-order valence-electron chi connectivity index (χ4n) is 3.05. The van der Waals surface area contributed by atoms with Gasteiger partial charge in [-0.15, -0.1) is 0 Å². The van der Waals surface area contributed by atoms with Crippen LogP contribution in [0.2, 0.25) is 0 Å². The van der Waals surface area contributed by atoms with Gasteiger partial charge in [-0.2, -0.15) is 4.72 Å². The monoisotopic (exact) mass is 466 g/mol. The largest absolute Gasteiger partial charge is 0.348 e. The Kier molecular flexibility index (Phi) is 8.02. The molecule has 0 radical (unpaired) electrons. The number of sulfone groups is 1. The molecule has 0 saturated heterocycles. The van der Waals surface area contributed by atoms with E-state index in [-0.39, 0.29) is 15.7 Å². The van der Waals surface area contributed by atoms with E-state index in [9.17, 15) is 21.6 Å². The lowest BCUT2D eigenvalue weighted by atomic mass is 10.0. The van der Waals surface area contributed by atoms with Crippen LogP contribution in [0.4, 0.5) is 0 Å². The average Bonchev–Trinajstić information content (AvgIpc) is 2.66. The molecule has 170 valence electrons. The zero-order valence-electron chi connectivity index (χ0n) is 18.4. The molecule has 0 aromatic heterocycles. The molecular formula is C22H30N2O5S2. The Balaban J connectivity index is 2.18. The molecule has 0 aliphatic heterocycles. The lowest BCUT2D eigenvalue weighted by Crippen LogP contribution is -2.47. The number of carbonyl (C=O) groups is 1. The first-order valence-electron chi connectivity index (χ1n) is 9.99. The summed E-state index contributed by atoms with van der Waals surface area (Å²) in [5.74, 6) is -0.357. The minimum Gasteiger partial charge on any atom is -0.348 e. The van der Waals surface area contributed by atoms with E-state index in [0.717, 1.165) is 11.8 Å². The number of aryl methyl sites for hydroxylation is 1. The van der Waals surface area contributed by atoms with Gasteiger partial charge in [0.25, 0.3) is 0 Å². The zero-order valence-corrected chi connectivity index (χ0v) is 20.0. The summed E-state index contributed by atoms with van der Waals surface area (Å²) in [6, 6.07) is 11.3. The zero-order chi connectivity index (χ0) is 23.4. The molecule has 7 nitrogen and oxygen atoms in total. The molecule has 0 unspecified atom stereocenters. The molecule has 0 heterocycles. The first kappa shape index (κ1) is 25.0. The van der Waals surface area contributed by atoms with Crippen molar-refractivity contribution in [3.8, 4) is 0 Å². The highest BCUT2D eigenvalue weighted by atomic mass is 32.2. The molecule has 0 saturated carbocycles. The first-order chi connectivity index (χ1) is 14.3. The van der Waals surface area contributed by atoms with E-state index >= 15 is 0 Å². The fourth-order valence-corrected chi connectivity index (χ4v) is 4.89. The average molecular weight is 467 g/mol. The molecule has 2 aromatic rings. The Morgan fingerprint density at radius 3 is 1.87 bits per heavy atom. The summed E-state index contributed by atoms with van der Waals surface area (Å²) in [5.41, 5.74) is 1.65. The van der Waals surface area contributed by atoms with Crippen molar-refractivity contribution in [3.05, 3.63) is 59.7 Å². The number of hydrogen-bond donors (Lipinski definition) is 2. The van der Waals surface area contributed by atoms with Gasteiger partial charge in [-0.1, -0.05) is 43.7 Å². The molecular weight excluding hydrogens is 436 g/mol. The summed E-state index contributed by atoms with van der Waals surface area (Å²) in [4.78, 5) is 13.2. The van der Waals surface area contributed by atoms with Gasteiger partial charge in [0, 0.05) is 6.26 Å². The van der Waals surface area contributed by atoms with Crippen LogP contribution < -0.4 is 10.0 Å². The van der Waals surface area contributed by atoms with Gasteiger partial charge in [0.15, 0.2) is 9.84 Å². The third kappa shape index (κ3) is 7.15. The van der Waals surface area contributed by atoms with E-state index in [1.807, 2.05) is 20.8 Å². The van der Waals surface area contributed by atoms with Crippen molar-refractivity contribution in [1.82, 2.24) is 10.0 Å². The minimum atomic E-state index is -3.87. The Morgan fingerprint density at radius 2 is 1.39 bits per heavy atom. The van der Waals surface area contributed by atoms with Crippen LogP contribution in [0.25, 0.3) is 0 Å². The van der Waals surface area contributed by atoms with Crippen molar-refractivity contribution < 1.29 is 21.6 Å². The lowest BCUT2D eigenvalue weighted by Gasteiger charge is -2.23. The normalized spacial score (nSPS) is 14.3. The van der Waals surface area contributed by atoms with Crippen LogP contribution in [-0.4, -0.2) is 35.0 Å². The molecule has 0 spiro atoms. The van der Waals surface area contributed by atoms with Gasteiger partial charge in [-0.05, 0) is 56.0 Å². The number of hydrogen-bond acceptors (Lipinski definition) is 5. The number of benzene rings is 2. The van der Waals surface area contributed by atoms with Gasteiger partial charge >= 0.3 is 0 Å². The van der Waals surface area contributed by atoms with E-state index in [1.165, 1.54) is 24.3 Å². The van der Waals surface area contributed by atoms with Crippen LogP contribution in [0.5, 0.6) is 0 Å². The molecule has 0 bridgehead atoms. The van der Waals surface area contributed by atoms with Crippen LogP contribution in [0.3, 0.4) is 0 Å². The summed E-state index contributed by atoms with van der Waals surface area (Å²) in [7, 11) is -7.18. The van der Waals surface area contributed by atoms with Crippen LogP contribution in [-0.2, 0) is 24.7 Å². The van der Waals surface area contributed by atoms with Crippen LogP contribution in [0.1, 0.15) is 44.4 Å². The Morgan fingerprint density at radius 1 is 0.871 bits per heavy atom. The quantitative estimate of drug-likeness (QED) is 0.590. The smallest absolute Gasteiger partial charge is 0.241 e. The molecule has 2 aromatic carbocycles. The van der Waals surface area contributed by atoms with Gasteiger partial charge in [-0.25, -0.2) is 16.8 Å². The summed E-state index contributed by atoms with van der Waals surface area (Å²) in [5, 5.41) is 2.83. The van der Waals surface area contributed by atoms with Gasteiger partial charge < -0.3 is 5.32 Å². The van der Waals surface area contributed by atoms with Crippen molar-refractivity contribution in [2.45, 2.75) is 56.0 Å². The predicted molar refractivity (Wildman–Crippen MR) is 121 cm³/mol. The highest BCUT2D eigenvalue weighted by Gasteiger charge is 2.27. The summed E-state index contributed by atoms with van der Waals surface area (Å²) in [6.07, 6.45) is 1.46. The number of sulfonamides is 1. The highest BCUT2D eigenvalue weighted by Crippen LogP contribution is 2.18. The van der Waals surface area contributed by atoms with E-state index in [0.29, 0.717) is 12.0 Å². The molecule has 2 atom stereocenters. The van der Waals surface area contributed by atoms with Crippen molar-refractivity contribution in [2.24, 2.45) is 5.92 Å². The van der Waals surface area contributed by atoms with Crippen LogP contribution in [0, 0.1) is 12.8 Å². The second kappa shape index (κ2) is 9.93. The molecule has 9 heteroatoms. The standard InChI is InChI=1S/C22H30N2O5S2/c1-15(2)14-21(24-31(28,29)20-10-6-16(3)7-11-20)22(25)23-17(4)18-8-12-19(13-9-18)30(5,26)27/h6-13,15,17,21,24H,14H2,1-5H3,(H,23,25)/t17-,21-/m0/s1. The topological polar surface area (TPSA) is 109 Å². The van der Waals surface area contributed by atoms with Crippen molar-refractivity contribution in [2.75, 3.05) is 6.26 Å². The molecule has 0 fully saturated rings. The van der Waals surface area contributed by atoms with Crippen LogP contribution in [0.15, 0.2) is 58.3 Å². The van der Waals surface area contributed by atoms with Crippen molar-refractivity contribution >= 4 is 25.8 Å². The van der Waals surface area contributed by atoms with Crippen LogP contribution >= 0.6 is 0 Å². The molecule has 2 rings (SSSR count). The predicted octanol–water partition coefficient (Wildman–Crippen LogP) is 2.97. The van der Waals surface area contributed by atoms with Crippen molar-refractivity contribution in [3.63, 3.8) is 0 Å². The lowest BCUT2D eigenvalue weighted by molar-refractivity contribution is -0.123. The van der Waals surface area contributed by atoms with E-state index < -0.39 is 37.9 Å². The third-order valence-electron chi connectivity index (χ3n) is 4.82. The first-order valence-corrected chi connectivity index (χ1v) is 13.4.